The van der Waals surface area contributed by atoms with Crippen LogP contribution in [0.15, 0.2) is 54.1 Å². The molecule has 106 valence electrons. The van der Waals surface area contributed by atoms with Crippen LogP contribution in [0.1, 0.15) is 11.5 Å². The zero-order valence-electron chi connectivity index (χ0n) is 10.1. The summed E-state index contributed by atoms with van der Waals surface area (Å²) in [6.07, 6.45) is -2.22. The molecule has 1 N–H and O–H groups in total. The lowest BCUT2D eigenvalue weighted by atomic mass is 9.83. The Bertz CT molecular complexity index is 578. The number of allylic oxidation sites excluding steroid dienone is 3. The molecule has 2 atom stereocenters. The standard InChI is InChI=1S/C14H10ClF3O2/c15-13(14(16,17)18)7-6-10(11(8-13)12(19)20)9-4-2-1-3-5-9/h1-8,10H,(H,19,20). The summed E-state index contributed by atoms with van der Waals surface area (Å²) < 4.78 is 38.6. The maximum absolute atomic E-state index is 12.9. The van der Waals surface area contributed by atoms with Gasteiger partial charge in [0.1, 0.15) is 0 Å². The molecule has 20 heavy (non-hydrogen) atoms. The summed E-state index contributed by atoms with van der Waals surface area (Å²) in [5, 5.41) is 9.14. The third kappa shape index (κ3) is 2.58. The van der Waals surface area contributed by atoms with Gasteiger partial charge in [-0.15, -0.1) is 11.6 Å². The first kappa shape index (κ1) is 14.7. The van der Waals surface area contributed by atoms with Gasteiger partial charge in [-0.25, -0.2) is 4.79 Å². The maximum Gasteiger partial charge on any atom is 0.414 e. The van der Waals surface area contributed by atoms with Crippen LogP contribution in [0, 0.1) is 0 Å². The average molecular weight is 303 g/mol. The van der Waals surface area contributed by atoms with E-state index in [0.717, 1.165) is 6.08 Å². The van der Waals surface area contributed by atoms with E-state index in [2.05, 4.69) is 0 Å². The van der Waals surface area contributed by atoms with Gasteiger partial charge >= 0.3 is 12.1 Å². The van der Waals surface area contributed by atoms with E-state index >= 15 is 0 Å². The normalized spacial score (nSPS) is 26.2. The van der Waals surface area contributed by atoms with Crippen molar-refractivity contribution in [1.29, 1.82) is 0 Å². The molecule has 2 nitrogen and oxygen atoms in total. The van der Waals surface area contributed by atoms with E-state index in [1.54, 1.807) is 30.3 Å². The summed E-state index contributed by atoms with van der Waals surface area (Å²) in [6.45, 7) is 0. The van der Waals surface area contributed by atoms with E-state index in [-0.39, 0.29) is 5.57 Å². The molecule has 2 unspecified atom stereocenters. The molecule has 0 fully saturated rings. The van der Waals surface area contributed by atoms with Crippen LogP contribution in [0.5, 0.6) is 0 Å². The van der Waals surface area contributed by atoms with Crippen LogP contribution in [0.2, 0.25) is 0 Å². The highest BCUT2D eigenvalue weighted by molar-refractivity contribution is 6.28. The molecule has 0 spiro atoms. The van der Waals surface area contributed by atoms with Gasteiger partial charge in [-0.3, -0.25) is 0 Å². The van der Waals surface area contributed by atoms with Crippen molar-refractivity contribution in [3.05, 3.63) is 59.7 Å². The lowest BCUT2D eigenvalue weighted by Crippen LogP contribution is -2.38. The molecule has 0 bridgehead atoms. The van der Waals surface area contributed by atoms with Crippen molar-refractivity contribution in [3.63, 3.8) is 0 Å². The van der Waals surface area contributed by atoms with Gasteiger partial charge in [0.05, 0.1) is 0 Å². The highest BCUT2D eigenvalue weighted by Gasteiger charge is 2.52. The number of halogens is 4. The molecule has 0 heterocycles. The predicted octanol–water partition coefficient (Wildman–Crippen LogP) is 3.89. The van der Waals surface area contributed by atoms with Crippen LogP contribution in [-0.2, 0) is 4.79 Å². The molecule has 0 saturated heterocycles. The van der Waals surface area contributed by atoms with Gasteiger partial charge in [-0.2, -0.15) is 13.2 Å². The average Bonchev–Trinajstić information content (AvgIpc) is 2.38. The van der Waals surface area contributed by atoms with E-state index in [4.69, 9.17) is 16.7 Å². The largest absolute Gasteiger partial charge is 0.478 e. The molecule has 1 aromatic rings. The molecular formula is C14H10ClF3O2. The fourth-order valence-electron chi connectivity index (χ4n) is 2.03. The summed E-state index contributed by atoms with van der Waals surface area (Å²) in [7, 11) is 0. The van der Waals surface area contributed by atoms with Gasteiger partial charge in [0.25, 0.3) is 0 Å². The number of aliphatic carboxylic acids is 1. The second kappa shape index (κ2) is 4.98. The first-order valence-corrected chi connectivity index (χ1v) is 6.08. The smallest absolute Gasteiger partial charge is 0.414 e. The number of carbonyl (C=O) groups is 1. The van der Waals surface area contributed by atoms with Gasteiger partial charge in [0.15, 0.2) is 4.87 Å². The fourth-order valence-corrected chi connectivity index (χ4v) is 2.22. The molecule has 0 aliphatic heterocycles. The van der Waals surface area contributed by atoms with Crippen molar-refractivity contribution in [2.45, 2.75) is 17.0 Å². The fraction of sp³-hybridized carbons (Fsp3) is 0.214. The third-order valence-corrected chi connectivity index (χ3v) is 3.52. The zero-order chi connectivity index (χ0) is 15.0. The molecule has 0 radical (unpaired) electrons. The van der Waals surface area contributed by atoms with Crippen LogP contribution >= 0.6 is 11.6 Å². The molecule has 1 aromatic carbocycles. The highest BCUT2D eigenvalue weighted by Crippen LogP contribution is 2.44. The minimum atomic E-state index is -4.76. The number of carboxylic acid groups (broad SMARTS) is 1. The van der Waals surface area contributed by atoms with Gasteiger partial charge in [-0.05, 0) is 11.6 Å². The second-order valence-corrected chi connectivity index (χ2v) is 5.04. The van der Waals surface area contributed by atoms with Crippen molar-refractivity contribution in [3.8, 4) is 0 Å². The van der Waals surface area contributed by atoms with Crippen molar-refractivity contribution < 1.29 is 23.1 Å². The third-order valence-electron chi connectivity index (χ3n) is 3.07. The van der Waals surface area contributed by atoms with Crippen molar-refractivity contribution in [1.82, 2.24) is 0 Å². The minimum Gasteiger partial charge on any atom is -0.478 e. The Kier molecular flexibility index (Phi) is 3.65. The van der Waals surface area contributed by atoms with Gasteiger partial charge in [0.2, 0.25) is 0 Å². The number of carboxylic acids is 1. The summed E-state index contributed by atoms with van der Waals surface area (Å²) >= 11 is 5.49. The zero-order valence-corrected chi connectivity index (χ0v) is 10.8. The minimum absolute atomic E-state index is 0.383. The molecule has 2 rings (SSSR count). The summed E-state index contributed by atoms with van der Waals surface area (Å²) in [5.41, 5.74) is 0.212. The molecule has 0 aromatic heterocycles. The molecule has 0 saturated carbocycles. The molecule has 6 heteroatoms. The van der Waals surface area contributed by atoms with Crippen LogP contribution in [0.4, 0.5) is 13.2 Å². The lowest BCUT2D eigenvalue weighted by Gasteiger charge is -2.29. The van der Waals surface area contributed by atoms with Crippen molar-refractivity contribution >= 4 is 17.6 Å². The van der Waals surface area contributed by atoms with Crippen molar-refractivity contribution in [2.24, 2.45) is 0 Å². The summed E-state index contributed by atoms with van der Waals surface area (Å²) in [5.74, 6) is -2.17. The first-order chi connectivity index (χ1) is 9.24. The van der Waals surface area contributed by atoms with E-state index in [9.17, 15) is 18.0 Å². The maximum atomic E-state index is 12.9. The number of alkyl halides is 4. The molecule has 0 amide bonds. The van der Waals surface area contributed by atoms with Crippen LogP contribution in [0.3, 0.4) is 0 Å². The number of rotatable bonds is 2. The van der Waals surface area contributed by atoms with Crippen LogP contribution in [0.25, 0.3) is 0 Å². The lowest BCUT2D eigenvalue weighted by molar-refractivity contribution is -0.140. The summed E-state index contributed by atoms with van der Waals surface area (Å²) in [4.78, 5) is 8.45. The Morgan fingerprint density at radius 1 is 1.25 bits per heavy atom. The van der Waals surface area contributed by atoms with Crippen molar-refractivity contribution in [2.75, 3.05) is 0 Å². The molecule has 1 aliphatic carbocycles. The Morgan fingerprint density at radius 2 is 1.85 bits per heavy atom. The molecular weight excluding hydrogens is 293 g/mol. The number of benzene rings is 1. The van der Waals surface area contributed by atoms with E-state index < -0.39 is 22.9 Å². The van der Waals surface area contributed by atoms with Crippen LogP contribution in [-0.4, -0.2) is 22.1 Å². The Morgan fingerprint density at radius 3 is 2.35 bits per heavy atom. The Hall–Kier alpha value is -1.75. The van der Waals surface area contributed by atoms with Gasteiger partial charge in [0, 0.05) is 11.5 Å². The Balaban J connectivity index is 2.48. The van der Waals surface area contributed by atoms with Gasteiger partial charge in [-0.1, -0.05) is 42.5 Å². The molecule has 1 aliphatic rings. The second-order valence-electron chi connectivity index (χ2n) is 4.42. The highest BCUT2D eigenvalue weighted by atomic mass is 35.5. The predicted molar refractivity (Wildman–Crippen MR) is 68.7 cm³/mol. The monoisotopic (exact) mass is 302 g/mol. The SMILES string of the molecule is O=C(O)C1=CC(Cl)(C(F)(F)F)C=CC1c1ccccc1. The number of hydrogen-bond acceptors (Lipinski definition) is 1. The van der Waals surface area contributed by atoms with Gasteiger partial charge < -0.3 is 5.11 Å². The van der Waals surface area contributed by atoms with Crippen LogP contribution < -0.4 is 0 Å². The number of hydrogen-bond donors (Lipinski definition) is 1. The first-order valence-electron chi connectivity index (χ1n) is 5.70. The Labute approximate surface area is 118 Å². The van der Waals surface area contributed by atoms with E-state index in [1.807, 2.05) is 0 Å². The van der Waals surface area contributed by atoms with E-state index in [1.165, 1.54) is 6.08 Å². The topological polar surface area (TPSA) is 37.3 Å². The quantitative estimate of drug-likeness (QED) is 0.665. The summed E-state index contributed by atoms with van der Waals surface area (Å²) in [6, 6.07) is 8.42. The van der Waals surface area contributed by atoms with E-state index in [0.29, 0.717) is 11.6 Å².